The van der Waals surface area contributed by atoms with E-state index in [4.69, 9.17) is 14.2 Å². The number of hydrogen-bond acceptors (Lipinski definition) is 6. The number of allylic oxidation sites excluding steroid dienone is 2. The molecule has 0 aromatic rings. The van der Waals surface area contributed by atoms with Gasteiger partial charge in [-0.1, -0.05) is 17.7 Å². The Morgan fingerprint density at radius 3 is 2.61 bits per heavy atom. The SMILES string of the molecule is C/C=C(\C)C(=O)OC1C/C=C(/C)CCC2=C(COC(C)=O)C(=O)OC2/C=C\1C. The third-order valence-corrected chi connectivity index (χ3v) is 5.03. The molecule has 28 heavy (non-hydrogen) atoms. The lowest BCUT2D eigenvalue weighted by molar-refractivity contribution is -0.144. The van der Waals surface area contributed by atoms with Crippen LogP contribution in [0.15, 0.2) is 46.1 Å². The van der Waals surface area contributed by atoms with Crippen molar-refractivity contribution in [2.75, 3.05) is 6.61 Å². The zero-order valence-corrected chi connectivity index (χ0v) is 17.2. The molecule has 2 aliphatic rings. The first-order chi connectivity index (χ1) is 13.2. The molecule has 152 valence electrons. The van der Waals surface area contributed by atoms with Gasteiger partial charge in [-0.15, -0.1) is 0 Å². The van der Waals surface area contributed by atoms with Crippen LogP contribution in [0.1, 0.15) is 53.9 Å². The van der Waals surface area contributed by atoms with E-state index in [-0.39, 0.29) is 12.6 Å². The lowest BCUT2D eigenvalue weighted by Gasteiger charge is -2.21. The minimum Gasteiger partial charge on any atom is -0.461 e. The van der Waals surface area contributed by atoms with Crippen molar-refractivity contribution in [2.45, 2.75) is 66.1 Å². The molecule has 0 spiro atoms. The van der Waals surface area contributed by atoms with Crippen LogP contribution in [0.2, 0.25) is 0 Å². The second kappa shape index (κ2) is 9.53. The van der Waals surface area contributed by atoms with E-state index in [1.807, 2.05) is 19.9 Å². The summed E-state index contributed by atoms with van der Waals surface area (Å²) in [5.41, 5.74) is 3.70. The first-order valence-corrected chi connectivity index (χ1v) is 9.47. The Hall–Kier alpha value is -2.63. The molecule has 6 heteroatoms. The summed E-state index contributed by atoms with van der Waals surface area (Å²) in [6, 6.07) is 0. The number of esters is 3. The fourth-order valence-corrected chi connectivity index (χ4v) is 3.07. The Morgan fingerprint density at radius 1 is 1.25 bits per heavy atom. The van der Waals surface area contributed by atoms with Gasteiger partial charge in [-0.3, -0.25) is 4.79 Å². The molecule has 1 aliphatic heterocycles. The van der Waals surface area contributed by atoms with Crippen molar-refractivity contribution in [1.82, 2.24) is 0 Å². The molecule has 6 nitrogen and oxygen atoms in total. The van der Waals surface area contributed by atoms with E-state index in [1.165, 1.54) is 6.92 Å². The van der Waals surface area contributed by atoms with Crippen LogP contribution in [0.3, 0.4) is 0 Å². The van der Waals surface area contributed by atoms with Gasteiger partial charge in [-0.2, -0.15) is 0 Å². The summed E-state index contributed by atoms with van der Waals surface area (Å²) in [4.78, 5) is 35.7. The zero-order chi connectivity index (χ0) is 20.8. The van der Waals surface area contributed by atoms with E-state index >= 15 is 0 Å². The van der Waals surface area contributed by atoms with Crippen LogP contribution < -0.4 is 0 Å². The number of rotatable bonds is 4. The highest BCUT2D eigenvalue weighted by Crippen LogP contribution is 2.32. The molecule has 2 rings (SSSR count). The van der Waals surface area contributed by atoms with Crippen molar-refractivity contribution in [3.05, 3.63) is 46.1 Å². The molecule has 1 aliphatic carbocycles. The van der Waals surface area contributed by atoms with Crippen LogP contribution >= 0.6 is 0 Å². The van der Waals surface area contributed by atoms with Gasteiger partial charge in [0, 0.05) is 18.9 Å². The van der Waals surface area contributed by atoms with Crippen LogP contribution in [-0.4, -0.2) is 36.7 Å². The first-order valence-electron chi connectivity index (χ1n) is 9.47. The number of carbonyl (C=O) groups is 3. The van der Waals surface area contributed by atoms with E-state index < -0.39 is 24.1 Å². The summed E-state index contributed by atoms with van der Waals surface area (Å²) in [7, 11) is 0. The Balaban J connectivity index is 2.35. The van der Waals surface area contributed by atoms with Gasteiger partial charge in [0.25, 0.3) is 0 Å². The predicted octanol–water partition coefficient (Wildman–Crippen LogP) is 3.73. The summed E-state index contributed by atoms with van der Waals surface area (Å²) >= 11 is 0. The van der Waals surface area contributed by atoms with Gasteiger partial charge in [0.15, 0.2) is 0 Å². The molecular weight excluding hydrogens is 360 g/mol. The number of fused-ring (bicyclic) bond motifs is 1. The molecular formula is C22H28O6. The average Bonchev–Trinajstić information content (AvgIpc) is 2.94. The smallest absolute Gasteiger partial charge is 0.338 e. The number of carbonyl (C=O) groups excluding carboxylic acids is 3. The van der Waals surface area contributed by atoms with E-state index in [0.717, 1.165) is 23.1 Å². The van der Waals surface area contributed by atoms with Gasteiger partial charge in [-0.05, 0) is 57.8 Å². The lowest BCUT2D eigenvalue weighted by atomic mass is 9.93. The topological polar surface area (TPSA) is 78.9 Å². The fraction of sp³-hybridized carbons (Fsp3) is 0.500. The molecule has 0 saturated carbocycles. The zero-order valence-electron chi connectivity index (χ0n) is 17.2. The second-order valence-corrected chi connectivity index (χ2v) is 7.17. The van der Waals surface area contributed by atoms with Gasteiger partial charge in [0.1, 0.15) is 18.8 Å². The Labute approximate surface area is 165 Å². The van der Waals surface area contributed by atoms with Crippen molar-refractivity contribution in [2.24, 2.45) is 0 Å². The summed E-state index contributed by atoms with van der Waals surface area (Å²) in [5, 5.41) is 0. The van der Waals surface area contributed by atoms with Crippen LogP contribution in [0.5, 0.6) is 0 Å². The third-order valence-electron chi connectivity index (χ3n) is 5.03. The maximum Gasteiger partial charge on any atom is 0.338 e. The molecule has 0 amide bonds. The van der Waals surface area contributed by atoms with Crippen molar-refractivity contribution >= 4 is 17.9 Å². The summed E-state index contributed by atoms with van der Waals surface area (Å²) in [5.74, 6) is -1.28. The summed E-state index contributed by atoms with van der Waals surface area (Å²) in [6.07, 6.45) is 6.58. The third kappa shape index (κ3) is 5.44. The van der Waals surface area contributed by atoms with Gasteiger partial charge < -0.3 is 14.2 Å². The average molecular weight is 388 g/mol. The Kier molecular flexibility index (Phi) is 7.38. The maximum absolute atomic E-state index is 12.3. The van der Waals surface area contributed by atoms with Gasteiger partial charge >= 0.3 is 17.9 Å². The second-order valence-electron chi connectivity index (χ2n) is 7.17. The van der Waals surface area contributed by atoms with Gasteiger partial charge in [0.2, 0.25) is 0 Å². The molecule has 0 aromatic carbocycles. The summed E-state index contributed by atoms with van der Waals surface area (Å²) in [6.45, 7) is 8.59. The van der Waals surface area contributed by atoms with Crippen molar-refractivity contribution < 1.29 is 28.6 Å². The van der Waals surface area contributed by atoms with E-state index in [9.17, 15) is 14.4 Å². The first kappa shape index (κ1) is 21.7. The predicted molar refractivity (Wildman–Crippen MR) is 104 cm³/mol. The molecule has 0 radical (unpaired) electrons. The fourth-order valence-electron chi connectivity index (χ4n) is 3.07. The lowest BCUT2D eigenvalue weighted by Crippen LogP contribution is -2.22. The molecule has 0 fully saturated rings. The van der Waals surface area contributed by atoms with Crippen molar-refractivity contribution in [3.63, 3.8) is 0 Å². The monoisotopic (exact) mass is 388 g/mol. The minimum absolute atomic E-state index is 0.0887. The van der Waals surface area contributed by atoms with Gasteiger partial charge in [0.05, 0.1) is 5.57 Å². The highest BCUT2D eigenvalue weighted by atomic mass is 16.6. The van der Waals surface area contributed by atoms with E-state index in [0.29, 0.717) is 24.0 Å². The van der Waals surface area contributed by atoms with E-state index in [1.54, 1.807) is 19.9 Å². The quantitative estimate of drug-likeness (QED) is 0.316. The molecule has 2 atom stereocenters. The van der Waals surface area contributed by atoms with E-state index in [2.05, 4.69) is 6.08 Å². The normalized spacial score (nSPS) is 27.0. The highest BCUT2D eigenvalue weighted by molar-refractivity contribution is 5.93. The minimum atomic E-state index is -0.534. The molecule has 1 heterocycles. The molecule has 2 unspecified atom stereocenters. The number of hydrogen-bond donors (Lipinski definition) is 0. The van der Waals surface area contributed by atoms with Gasteiger partial charge in [-0.25, -0.2) is 9.59 Å². The standard InChI is InChI=1S/C22H28O6/c1-6-14(3)21(24)27-19-10-8-13(2)7-9-17-18(12-26-16(5)23)22(25)28-20(17)11-15(19)4/h6,8,11,19-20H,7,9-10,12H2,1-5H3/b13-8-,14-6+,15-11-. The van der Waals surface area contributed by atoms with Crippen LogP contribution in [0, 0.1) is 0 Å². The summed E-state index contributed by atoms with van der Waals surface area (Å²) < 4.78 is 16.2. The largest absolute Gasteiger partial charge is 0.461 e. The Morgan fingerprint density at radius 2 is 1.96 bits per heavy atom. The molecule has 0 bridgehead atoms. The van der Waals surface area contributed by atoms with Crippen LogP contribution in [-0.2, 0) is 28.6 Å². The molecule has 0 aromatic heterocycles. The van der Waals surface area contributed by atoms with Crippen molar-refractivity contribution in [3.8, 4) is 0 Å². The number of ether oxygens (including phenoxy) is 3. The maximum atomic E-state index is 12.3. The molecule has 0 saturated heterocycles. The Bertz CT molecular complexity index is 781. The van der Waals surface area contributed by atoms with Crippen molar-refractivity contribution in [1.29, 1.82) is 0 Å². The highest BCUT2D eigenvalue weighted by Gasteiger charge is 2.34. The molecule has 0 N–H and O–H groups in total. The van der Waals surface area contributed by atoms with Crippen LogP contribution in [0.25, 0.3) is 0 Å². The van der Waals surface area contributed by atoms with Crippen LogP contribution in [0.4, 0.5) is 0 Å².